The van der Waals surface area contributed by atoms with Gasteiger partial charge in [0.15, 0.2) is 0 Å². The Morgan fingerprint density at radius 2 is 0.800 bits per heavy atom. The Morgan fingerprint density at radius 3 is 1.03 bits per heavy atom. The fourth-order valence-electron chi connectivity index (χ4n) is 3.16. The molecule has 2 fully saturated rings. The number of rotatable bonds is 4. The predicted molar refractivity (Wildman–Crippen MR) is 143 cm³/mol. The summed E-state index contributed by atoms with van der Waals surface area (Å²) in [5, 5.41) is 6.22. The molecular weight excluding hydrogens is 564 g/mol. The zero-order valence-electron chi connectivity index (χ0n) is 19.9. The zero-order chi connectivity index (χ0) is 26.5. The molecule has 0 aromatic carbocycles. The molecule has 14 heteroatoms. The normalized spacial score (nSPS) is 17.5. The highest BCUT2D eigenvalue weighted by Gasteiger charge is 2.23. The van der Waals surface area contributed by atoms with Crippen LogP contribution in [0, 0.1) is 0 Å². The smallest absolute Gasteiger partial charge is 0.237 e. The van der Waals surface area contributed by atoms with E-state index in [0.717, 1.165) is 13.1 Å². The average Bonchev–Trinajstić information content (AvgIpc) is 3.10. The summed E-state index contributed by atoms with van der Waals surface area (Å²) >= 11 is 26.3. The van der Waals surface area contributed by atoms with Crippen molar-refractivity contribution in [3.05, 3.63) is 0 Å². The van der Waals surface area contributed by atoms with Gasteiger partial charge in [0.2, 0.25) is 23.0 Å². The molecule has 0 saturated carbocycles. The van der Waals surface area contributed by atoms with E-state index in [0.29, 0.717) is 39.3 Å². The molecule has 35 heavy (non-hydrogen) atoms. The number of halogens is 5. The van der Waals surface area contributed by atoms with Crippen LogP contribution in [0.3, 0.4) is 0 Å². The number of nitrogens with zero attached hydrogens (tertiary/aromatic N) is 3. The second-order valence-electron chi connectivity index (χ2n) is 7.59. The molecule has 2 heterocycles. The third-order valence-electron chi connectivity index (χ3n) is 5.11. The molecule has 204 valence electrons. The largest absolute Gasteiger partial charge is 0.338 e. The van der Waals surface area contributed by atoms with E-state index in [9.17, 15) is 19.2 Å². The quantitative estimate of drug-likeness (QED) is 0.376. The van der Waals surface area contributed by atoms with Gasteiger partial charge in [-0.1, -0.05) is 6.42 Å². The van der Waals surface area contributed by atoms with Gasteiger partial charge in [-0.2, -0.15) is 0 Å². The van der Waals surface area contributed by atoms with Crippen molar-refractivity contribution >= 4 is 81.0 Å². The zero-order valence-corrected chi connectivity index (χ0v) is 23.7. The lowest BCUT2D eigenvalue weighted by Gasteiger charge is -2.25. The van der Waals surface area contributed by atoms with Gasteiger partial charge in [0.05, 0.1) is 5.88 Å². The summed E-state index contributed by atoms with van der Waals surface area (Å²) in [6.07, 6.45) is 4.07. The molecule has 2 aliphatic heterocycles. The van der Waals surface area contributed by atoms with Gasteiger partial charge in [0.25, 0.3) is 0 Å². The van der Waals surface area contributed by atoms with E-state index < -0.39 is 5.24 Å². The lowest BCUT2D eigenvalue weighted by molar-refractivity contribution is -0.132. The van der Waals surface area contributed by atoms with Crippen LogP contribution in [0.25, 0.3) is 0 Å². The van der Waals surface area contributed by atoms with E-state index in [1.165, 1.54) is 32.4 Å². The minimum Gasteiger partial charge on any atom is -0.338 e. The molecule has 0 bridgehead atoms. The Labute approximate surface area is 233 Å². The molecule has 3 amide bonds. The van der Waals surface area contributed by atoms with Crippen molar-refractivity contribution in [1.82, 2.24) is 25.3 Å². The SMILES string of the molecule is C1CCNCCNCC1.O=C(CCl)N1CCN(C(=O)CCl)CCN(C(=O)CCl)CC1.O=C(Cl)CCl. The van der Waals surface area contributed by atoms with E-state index in [2.05, 4.69) is 10.6 Å². The Hall–Kier alpha value is -0.550. The Bertz CT molecular complexity index is 535. The van der Waals surface area contributed by atoms with E-state index in [4.69, 9.17) is 58.0 Å². The Morgan fingerprint density at radius 1 is 0.514 bits per heavy atom. The first-order chi connectivity index (χ1) is 16.8. The second-order valence-corrected chi connectivity index (χ2v) is 9.08. The Kier molecular flexibility index (Phi) is 22.3. The van der Waals surface area contributed by atoms with E-state index in [1.807, 2.05) is 0 Å². The molecular formula is C21H36Cl5N5O4. The van der Waals surface area contributed by atoms with Crippen molar-refractivity contribution in [3.63, 3.8) is 0 Å². The highest BCUT2D eigenvalue weighted by atomic mass is 35.5. The molecule has 0 atom stereocenters. The molecule has 0 radical (unpaired) electrons. The molecule has 2 saturated heterocycles. The molecule has 2 rings (SSSR count). The van der Waals surface area contributed by atoms with E-state index in [1.54, 1.807) is 14.7 Å². The van der Waals surface area contributed by atoms with Crippen LogP contribution in [0.2, 0.25) is 0 Å². The maximum atomic E-state index is 11.8. The number of carbonyl (C=O) groups excluding carboxylic acids is 4. The first-order valence-electron chi connectivity index (χ1n) is 11.5. The highest BCUT2D eigenvalue weighted by Crippen LogP contribution is 2.04. The lowest BCUT2D eigenvalue weighted by Crippen LogP contribution is -2.42. The van der Waals surface area contributed by atoms with Gasteiger partial charge in [0, 0.05) is 52.4 Å². The maximum Gasteiger partial charge on any atom is 0.237 e. The van der Waals surface area contributed by atoms with Crippen LogP contribution in [-0.4, -0.2) is 127 Å². The van der Waals surface area contributed by atoms with Crippen LogP contribution in [0.5, 0.6) is 0 Å². The van der Waals surface area contributed by atoms with Gasteiger partial charge in [-0.05, 0) is 37.5 Å². The number of hydrogen-bond donors (Lipinski definition) is 2. The highest BCUT2D eigenvalue weighted by molar-refractivity contribution is 6.67. The van der Waals surface area contributed by atoms with Gasteiger partial charge in [-0.15, -0.1) is 46.4 Å². The molecule has 9 nitrogen and oxygen atoms in total. The van der Waals surface area contributed by atoms with Gasteiger partial charge in [-0.3, -0.25) is 19.2 Å². The van der Waals surface area contributed by atoms with Crippen LogP contribution in [0.1, 0.15) is 19.3 Å². The van der Waals surface area contributed by atoms with Crippen molar-refractivity contribution in [3.8, 4) is 0 Å². The van der Waals surface area contributed by atoms with Crippen molar-refractivity contribution in [1.29, 1.82) is 0 Å². The third kappa shape index (κ3) is 17.5. The van der Waals surface area contributed by atoms with Crippen molar-refractivity contribution in [2.24, 2.45) is 0 Å². The van der Waals surface area contributed by atoms with Crippen LogP contribution >= 0.6 is 58.0 Å². The van der Waals surface area contributed by atoms with E-state index in [-0.39, 0.29) is 41.2 Å². The molecule has 0 aliphatic carbocycles. The summed E-state index contributed by atoms with van der Waals surface area (Å²) in [4.78, 5) is 49.4. The number of amides is 3. The second kappa shape index (κ2) is 22.6. The molecule has 2 N–H and O–H groups in total. The van der Waals surface area contributed by atoms with E-state index >= 15 is 0 Å². The molecule has 2 aliphatic rings. The van der Waals surface area contributed by atoms with Crippen LogP contribution in [0.15, 0.2) is 0 Å². The van der Waals surface area contributed by atoms with Crippen molar-refractivity contribution in [2.75, 3.05) is 89.0 Å². The van der Waals surface area contributed by atoms with Crippen molar-refractivity contribution in [2.45, 2.75) is 19.3 Å². The van der Waals surface area contributed by atoms with Crippen LogP contribution in [0.4, 0.5) is 0 Å². The van der Waals surface area contributed by atoms with Crippen LogP contribution < -0.4 is 10.6 Å². The fourth-order valence-corrected chi connectivity index (χ4v) is 3.67. The lowest BCUT2D eigenvalue weighted by atomic mass is 10.2. The number of hydrogen-bond acceptors (Lipinski definition) is 6. The molecule has 0 aromatic heterocycles. The summed E-state index contributed by atoms with van der Waals surface area (Å²) in [6, 6.07) is 0. The van der Waals surface area contributed by atoms with Gasteiger partial charge < -0.3 is 25.3 Å². The summed E-state index contributed by atoms with van der Waals surface area (Å²) in [7, 11) is 0. The first kappa shape index (κ1) is 34.5. The number of nitrogens with one attached hydrogen (secondary N) is 2. The average molecular weight is 600 g/mol. The molecule has 0 spiro atoms. The summed E-state index contributed by atoms with van der Waals surface area (Å²) in [5.74, 6) is -1.17. The summed E-state index contributed by atoms with van der Waals surface area (Å²) in [5.41, 5.74) is 0. The van der Waals surface area contributed by atoms with Crippen LogP contribution in [-0.2, 0) is 19.2 Å². The fraction of sp³-hybridized carbons (Fsp3) is 0.810. The third-order valence-corrected chi connectivity index (χ3v) is 6.31. The minimum atomic E-state index is -0.508. The minimum absolute atomic E-state index is 0.0957. The Balaban J connectivity index is 0.000000673. The maximum absolute atomic E-state index is 11.8. The summed E-state index contributed by atoms with van der Waals surface area (Å²) in [6.45, 7) is 6.93. The van der Waals surface area contributed by atoms with Crippen molar-refractivity contribution < 1.29 is 19.2 Å². The standard InChI is InChI=1S/C12H18Cl3N3O3.C7H16N2.C2H2Cl2O/c13-7-10(19)16-1-2-17(11(20)8-14)5-6-18(4-3-16)12(21)9-15;1-2-4-8-6-7-9-5-3-1;3-1-2(4)5/h1-9H2;8-9H,1-7H2;1H2. The monoisotopic (exact) mass is 597 g/mol. The van der Waals surface area contributed by atoms with Gasteiger partial charge in [0.1, 0.15) is 17.6 Å². The van der Waals surface area contributed by atoms with Gasteiger partial charge >= 0.3 is 0 Å². The predicted octanol–water partition coefficient (Wildman–Crippen LogP) is 1.54. The van der Waals surface area contributed by atoms with Gasteiger partial charge in [-0.25, -0.2) is 0 Å². The number of alkyl halides is 4. The summed E-state index contributed by atoms with van der Waals surface area (Å²) < 4.78 is 0. The number of carbonyl (C=O) groups is 4. The first-order valence-corrected chi connectivity index (χ1v) is 14.0. The molecule has 0 aromatic rings. The topological polar surface area (TPSA) is 102 Å². The molecule has 0 unspecified atom stereocenters.